The van der Waals surface area contributed by atoms with Gasteiger partial charge in [-0.25, -0.2) is 4.79 Å². The van der Waals surface area contributed by atoms with Gasteiger partial charge in [-0.15, -0.1) is 0 Å². The number of amides is 1. The summed E-state index contributed by atoms with van der Waals surface area (Å²) in [5.41, 5.74) is 0.0919. The van der Waals surface area contributed by atoms with Crippen molar-refractivity contribution in [1.29, 1.82) is 0 Å². The normalized spacial score (nSPS) is 9.81. The number of phenols is 1. The molecule has 0 radical (unpaired) electrons. The Morgan fingerprint density at radius 1 is 1.44 bits per heavy atom. The first-order valence-corrected chi connectivity index (χ1v) is 4.39. The smallest absolute Gasteiger partial charge is 0.335 e. The highest BCUT2D eigenvalue weighted by molar-refractivity contribution is 5.95. The number of phenolic OH excluding ortho intramolecular Hbond substituents is 1. The van der Waals surface area contributed by atoms with Crippen molar-refractivity contribution >= 4 is 17.6 Å². The summed E-state index contributed by atoms with van der Waals surface area (Å²) in [5.74, 6) is -1.88. The van der Waals surface area contributed by atoms with E-state index in [9.17, 15) is 14.7 Å². The Morgan fingerprint density at radius 2 is 2.12 bits per heavy atom. The Morgan fingerprint density at radius 3 is 2.62 bits per heavy atom. The number of carbonyl (C=O) groups excluding carboxylic acids is 1. The van der Waals surface area contributed by atoms with Gasteiger partial charge in [0.1, 0.15) is 12.4 Å². The molecule has 6 nitrogen and oxygen atoms in total. The van der Waals surface area contributed by atoms with Crippen molar-refractivity contribution in [2.45, 2.75) is 0 Å². The Kier molecular flexibility index (Phi) is 3.84. The lowest BCUT2D eigenvalue weighted by atomic mass is 10.2. The van der Waals surface area contributed by atoms with E-state index >= 15 is 0 Å². The molecule has 0 aliphatic rings. The molecule has 0 spiro atoms. The van der Waals surface area contributed by atoms with Gasteiger partial charge in [-0.2, -0.15) is 0 Å². The summed E-state index contributed by atoms with van der Waals surface area (Å²) in [4.78, 5) is 21.7. The van der Waals surface area contributed by atoms with Crippen LogP contribution in [0.25, 0.3) is 0 Å². The van der Waals surface area contributed by atoms with Crippen LogP contribution in [-0.4, -0.2) is 35.8 Å². The first-order valence-electron chi connectivity index (χ1n) is 4.39. The Hall–Kier alpha value is -2.08. The quantitative estimate of drug-likeness (QED) is 0.654. The minimum Gasteiger partial charge on any atom is -0.506 e. The van der Waals surface area contributed by atoms with E-state index in [0.717, 1.165) is 6.07 Å². The zero-order valence-electron chi connectivity index (χ0n) is 8.56. The Labute approximate surface area is 91.5 Å². The number of methoxy groups -OCH3 is 1. The molecule has 1 aromatic rings. The second-order valence-electron chi connectivity index (χ2n) is 3.02. The Balaban J connectivity index is 2.83. The molecule has 6 heteroatoms. The lowest BCUT2D eigenvalue weighted by Crippen LogP contribution is -2.17. The first-order chi connectivity index (χ1) is 7.54. The van der Waals surface area contributed by atoms with Gasteiger partial charge >= 0.3 is 5.97 Å². The van der Waals surface area contributed by atoms with Gasteiger partial charge in [-0.05, 0) is 18.2 Å². The van der Waals surface area contributed by atoms with Crippen LogP contribution < -0.4 is 5.32 Å². The molecule has 0 fully saturated rings. The molecule has 1 aromatic carbocycles. The van der Waals surface area contributed by atoms with Gasteiger partial charge < -0.3 is 20.3 Å². The number of benzene rings is 1. The van der Waals surface area contributed by atoms with Crippen LogP contribution in [-0.2, 0) is 9.53 Å². The van der Waals surface area contributed by atoms with Crippen molar-refractivity contribution < 1.29 is 24.5 Å². The minimum atomic E-state index is -1.15. The highest BCUT2D eigenvalue weighted by atomic mass is 16.5. The number of carboxylic acids is 1. The molecule has 86 valence electrons. The van der Waals surface area contributed by atoms with Crippen LogP contribution in [0.15, 0.2) is 18.2 Å². The molecule has 0 bridgehead atoms. The monoisotopic (exact) mass is 225 g/mol. The molecule has 3 N–H and O–H groups in total. The number of anilines is 1. The summed E-state index contributed by atoms with van der Waals surface area (Å²) < 4.78 is 4.59. The van der Waals surface area contributed by atoms with Crippen molar-refractivity contribution in [2.75, 3.05) is 19.0 Å². The summed E-state index contributed by atoms with van der Waals surface area (Å²) in [6, 6.07) is 3.65. The average Bonchev–Trinajstić information content (AvgIpc) is 2.21. The molecule has 0 heterocycles. The van der Waals surface area contributed by atoms with Crippen LogP contribution in [0.3, 0.4) is 0 Å². The zero-order valence-corrected chi connectivity index (χ0v) is 8.56. The summed E-state index contributed by atoms with van der Waals surface area (Å²) in [7, 11) is 1.37. The van der Waals surface area contributed by atoms with Crippen LogP contribution >= 0.6 is 0 Å². The minimum absolute atomic E-state index is 0.0535. The largest absolute Gasteiger partial charge is 0.506 e. The number of aromatic carboxylic acids is 1. The Bertz CT molecular complexity index is 416. The average molecular weight is 225 g/mol. The number of ether oxygens (including phenoxy) is 1. The van der Waals surface area contributed by atoms with Crippen LogP contribution in [0.5, 0.6) is 5.75 Å². The first kappa shape index (κ1) is 12.0. The standard InChI is InChI=1S/C10H11NO5/c1-16-5-9(13)11-7-3-2-6(10(14)15)4-8(7)12/h2-4,12H,5H2,1H3,(H,11,13)(H,14,15). The van der Waals surface area contributed by atoms with E-state index in [1.165, 1.54) is 19.2 Å². The second kappa shape index (κ2) is 5.13. The van der Waals surface area contributed by atoms with Gasteiger partial charge in [0.2, 0.25) is 5.91 Å². The number of aromatic hydroxyl groups is 1. The molecule has 0 atom stereocenters. The maximum absolute atomic E-state index is 11.1. The third kappa shape index (κ3) is 2.96. The number of carbonyl (C=O) groups is 2. The lowest BCUT2D eigenvalue weighted by Gasteiger charge is -2.07. The maximum atomic E-state index is 11.1. The molecule has 0 saturated carbocycles. The zero-order chi connectivity index (χ0) is 12.1. The number of hydrogen-bond donors (Lipinski definition) is 3. The highest BCUT2D eigenvalue weighted by Gasteiger charge is 2.09. The van der Waals surface area contributed by atoms with Gasteiger partial charge in [0.05, 0.1) is 11.3 Å². The predicted molar refractivity (Wildman–Crippen MR) is 55.6 cm³/mol. The fourth-order valence-corrected chi connectivity index (χ4v) is 1.09. The van der Waals surface area contributed by atoms with Gasteiger partial charge in [-0.3, -0.25) is 4.79 Å². The van der Waals surface area contributed by atoms with Gasteiger partial charge in [0, 0.05) is 7.11 Å². The number of rotatable bonds is 4. The van der Waals surface area contributed by atoms with Crippen LogP contribution in [0.4, 0.5) is 5.69 Å². The van der Waals surface area contributed by atoms with Crippen molar-refractivity contribution in [2.24, 2.45) is 0 Å². The SMILES string of the molecule is COCC(=O)Nc1ccc(C(=O)O)cc1O. The van der Waals surface area contributed by atoms with Crippen LogP contribution in [0.2, 0.25) is 0 Å². The fourth-order valence-electron chi connectivity index (χ4n) is 1.09. The van der Waals surface area contributed by atoms with Gasteiger partial charge in [-0.1, -0.05) is 0 Å². The summed E-state index contributed by atoms with van der Waals surface area (Å²) in [5, 5.41) is 20.5. The predicted octanol–water partition coefficient (Wildman–Crippen LogP) is 0.675. The lowest BCUT2D eigenvalue weighted by molar-refractivity contribution is -0.119. The van der Waals surface area contributed by atoms with E-state index in [-0.39, 0.29) is 23.6 Å². The third-order valence-electron chi connectivity index (χ3n) is 1.79. The van der Waals surface area contributed by atoms with E-state index in [0.29, 0.717) is 0 Å². The third-order valence-corrected chi connectivity index (χ3v) is 1.79. The van der Waals surface area contributed by atoms with E-state index in [2.05, 4.69) is 10.1 Å². The van der Waals surface area contributed by atoms with Crippen LogP contribution in [0, 0.1) is 0 Å². The molecular weight excluding hydrogens is 214 g/mol. The fraction of sp³-hybridized carbons (Fsp3) is 0.200. The number of hydrogen-bond acceptors (Lipinski definition) is 4. The van der Waals surface area contributed by atoms with Gasteiger partial charge in [0.25, 0.3) is 0 Å². The highest BCUT2D eigenvalue weighted by Crippen LogP contribution is 2.24. The molecule has 0 aliphatic heterocycles. The number of carboxylic acid groups (broad SMARTS) is 1. The van der Waals surface area contributed by atoms with Crippen molar-refractivity contribution in [3.8, 4) is 5.75 Å². The van der Waals surface area contributed by atoms with Gasteiger partial charge in [0.15, 0.2) is 0 Å². The van der Waals surface area contributed by atoms with E-state index in [1.807, 2.05) is 0 Å². The summed E-state index contributed by atoms with van der Waals surface area (Å²) >= 11 is 0. The van der Waals surface area contributed by atoms with E-state index in [4.69, 9.17) is 5.11 Å². The molecule has 16 heavy (non-hydrogen) atoms. The maximum Gasteiger partial charge on any atom is 0.335 e. The van der Waals surface area contributed by atoms with Crippen molar-refractivity contribution in [3.63, 3.8) is 0 Å². The molecule has 0 saturated heterocycles. The molecular formula is C10H11NO5. The summed E-state index contributed by atoms with van der Waals surface area (Å²) in [6.07, 6.45) is 0. The van der Waals surface area contributed by atoms with Crippen molar-refractivity contribution in [3.05, 3.63) is 23.8 Å². The number of nitrogens with one attached hydrogen (secondary N) is 1. The second-order valence-corrected chi connectivity index (χ2v) is 3.02. The van der Waals surface area contributed by atoms with E-state index in [1.54, 1.807) is 0 Å². The van der Waals surface area contributed by atoms with E-state index < -0.39 is 11.9 Å². The molecule has 0 aliphatic carbocycles. The summed E-state index contributed by atoms with van der Waals surface area (Å²) in [6.45, 7) is -0.139. The van der Waals surface area contributed by atoms with Crippen molar-refractivity contribution in [1.82, 2.24) is 0 Å². The molecule has 0 aromatic heterocycles. The van der Waals surface area contributed by atoms with Crippen LogP contribution in [0.1, 0.15) is 10.4 Å². The molecule has 1 rings (SSSR count). The topological polar surface area (TPSA) is 95.9 Å². The molecule has 0 unspecified atom stereocenters. The molecule has 1 amide bonds.